The second kappa shape index (κ2) is 16.9. The van der Waals surface area contributed by atoms with Crippen LogP contribution < -0.4 is 20.7 Å². The molecule has 0 aromatic heterocycles. The van der Waals surface area contributed by atoms with Gasteiger partial charge in [-0.05, 0) is 0 Å². The van der Waals surface area contributed by atoms with Crippen LogP contribution in [0, 0.1) is 13.8 Å². The molecule has 0 spiro atoms. The Morgan fingerprint density at radius 2 is 0.707 bits per heavy atom. The molecule has 0 aliphatic rings. The molecule has 0 atom stereocenters. The van der Waals surface area contributed by atoms with Crippen LogP contribution in [0.5, 0.6) is 0 Å². The first kappa shape index (κ1) is 39.5. The molecule has 220 valence electrons. The van der Waals surface area contributed by atoms with Crippen molar-refractivity contribution in [2.45, 2.75) is 78.6 Å². The van der Waals surface area contributed by atoms with E-state index in [0.29, 0.717) is 0 Å². The summed E-state index contributed by atoms with van der Waals surface area (Å²) in [6, 6.07) is 34.1. The Hall–Kier alpha value is -1.54. The number of rotatable bonds is 4. The molecule has 0 unspecified atom stereocenters. The van der Waals surface area contributed by atoms with Gasteiger partial charge in [0, 0.05) is 32.3 Å². The van der Waals surface area contributed by atoms with E-state index in [0.717, 1.165) is 11.1 Å². The molecule has 41 heavy (non-hydrogen) atoms. The van der Waals surface area contributed by atoms with Crippen LogP contribution in [0.15, 0.2) is 97.1 Å². The van der Waals surface area contributed by atoms with Gasteiger partial charge in [-0.25, -0.2) is 22.5 Å². The van der Waals surface area contributed by atoms with E-state index in [4.69, 9.17) is 0 Å². The quantitative estimate of drug-likeness (QED) is 0.153. The van der Waals surface area contributed by atoms with Gasteiger partial charge < -0.3 is 0 Å². The van der Waals surface area contributed by atoms with Gasteiger partial charge in [0.05, 0.1) is 0 Å². The Morgan fingerprint density at radius 3 is 0.829 bits per heavy atom. The number of hydrogen-bond acceptors (Lipinski definition) is 0. The monoisotopic (exact) mass is 648 g/mol. The van der Waals surface area contributed by atoms with Crippen LogP contribution in [0.2, 0.25) is 78.6 Å². The van der Waals surface area contributed by atoms with Crippen molar-refractivity contribution in [2.24, 2.45) is 0 Å². The minimum Gasteiger partial charge on any atom is -0.212 e. The van der Waals surface area contributed by atoms with Crippen molar-refractivity contribution < 1.29 is 21.7 Å². The molecule has 5 heteroatoms. The second-order valence-corrected chi connectivity index (χ2v) is 35.1. The van der Waals surface area contributed by atoms with E-state index in [1.54, 1.807) is 20.7 Å². The number of benzene rings is 2. The van der Waals surface area contributed by atoms with Gasteiger partial charge in [-0.1, -0.05) is 90.7 Å². The summed E-state index contributed by atoms with van der Waals surface area (Å²) < 4.78 is 0. The van der Waals surface area contributed by atoms with Crippen molar-refractivity contribution in [1.82, 2.24) is 0 Å². The Balaban J connectivity index is 0.000000536. The molecule has 0 aliphatic carbocycles. The maximum atomic E-state index is 3.72. The largest absolute Gasteiger partial charge is 4.00 e. The zero-order valence-corrected chi connectivity index (χ0v) is 33.7. The molecule has 0 saturated heterocycles. The second-order valence-electron chi connectivity index (χ2n) is 14.7. The summed E-state index contributed by atoms with van der Waals surface area (Å²) in [7, 11) is -4.28. The van der Waals surface area contributed by atoms with Gasteiger partial charge in [-0.15, -0.1) is 24.3 Å². The molecule has 0 bridgehead atoms. The van der Waals surface area contributed by atoms with Crippen LogP contribution in [0.1, 0.15) is 11.1 Å². The molecule has 0 fully saturated rings. The summed E-state index contributed by atoms with van der Waals surface area (Å²) in [5.74, 6) is 0. The van der Waals surface area contributed by atoms with Gasteiger partial charge >= 0.3 is 21.7 Å². The van der Waals surface area contributed by atoms with Crippen molar-refractivity contribution in [2.75, 3.05) is 0 Å². The average molecular weight is 649 g/mol. The summed E-state index contributed by atoms with van der Waals surface area (Å²) in [4.78, 5) is 0. The third-order valence-corrected chi connectivity index (χ3v) is 14.8. The zero-order chi connectivity index (χ0) is 30.8. The summed E-state index contributed by atoms with van der Waals surface area (Å²) in [6.07, 6.45) is 0. The minimum absolute atomic E-state index is 0. The Bertz CT molecular complexity index is 1070. The van der Waals surface area contributed by atoms with Crippen LogP contribution >= 0.6 is 0 Å². The average Bonchev–Trinajstić information content (AvgIpc) is 3.51. The molecule has 4 rings (SSSR count). The molecule has 0 nitrogen and oxygen atoms in total. The van der Waals surface area contributed by atoms with E-state index in [1.165, 1.54) is 0 Å². The topological polar surface area (TPSA) is 0 Å². The third-order valence-electron chi connectivity index (χ3n) is 6.66. The Morgan fingerprint density at radius 1 is 0.439 bits per heavy atom. The molecule has 0 aliphatic heterocycles. The molecule has 0 amide bonds. The van der Waals surface area contributed by atoms with E-state index in [9.17, 15) is 0 Å². The molecule has 0 radical (unpaired) electrons. The standard InChI is InChI=1S/2C11H21Si2.2C7H7.Ti/c2*1-12(2,3)10-7-8-11(9-10)13(4,5)6;2*1-7-5-3-2-4-6-7;/h2*7-9H,1-6H3;2*2-6H,1H2;/q4*-1;+4. The molecule has 0 heterocycles. The smallest absolute Gasteiger partial charge is 0.212 e. The molecule has 0 saturated carbocycles. The van der Waals surface area contributed by atoms with Gasteiger partial charge in [0.15, 0.2) is 0 Å². The van der Waals surface area contributed by atoms with E-state index in [1.807, 2.05) is 60.7 Å². The molecule has 0 N–H and O–H groups in total. The Labute approximate surface area is 273 Å². The van der Waals surface area contributed by atoms with Gasteiger partial charge in [0.1, 0.15) is 0 Å². The third kappa shape index (κ3) is 16.0. The number of hydrogen-bond donors (Lipinski definition) is 0. The van der Waals surface area contributed by atoms with Crippen molar-refractivity contribution in [1.29, 1.82) is 0 Å². The van der Waals surface area contributed by atoms with Gasteiger partial charge in [-0.2, -0.15) is 83.9 Å². The van der Waals surface area contributed by atoms with Crippen LogP contribution in [0.25, 0.3) is 0 Å². The zero-order valence-electron chi connectivity index (χ0n) is 28.2. The maximum absolute atomic E-state index is 3.72. The first-order valence-corrected chi connectivity index (χ1v) is 28.5. The predicted octanol–water partition coefficient (Wildman–Crippen LogP) is 8.73. The van der Waals surface area contributed by atoms with Gasteiger partial charge in [-0.3, -0.25) is 0 Å². The first-order valence-electron chi connectivity index (χ1n) is 14.5. The fourth-order valence-electron chi connectivity index (χ4n) is 3.71. The molecule has 4 aromatic rings. The van der Waals surface area contributed by atoms with Crippen molar-refractivity contribution in [3.63, 3.8) is 0 Å². The van der Waals surface area contributed by atoms with E-state index in [-0.39, 0.29) is 21.7 Å². The van der Waals surface area contributed by atoms with Gasteiger partial charge in [0.2, 0.25) is 0 Å². The van der Waals surface area contributed by atoms with Crippen LogP contribution in [0.3, 0.4) is 0 Å². The van der Waals surface area contributed by atoms with Crippen LogP contribution in [-0.4, -0.2) is 32.3 Å². The molecular weight excluding hydrogens is 593 g/mol. The minimum atomic E-state index is -1.07. The predicted molar refractivity (Wildman–Crippen MR) is 198 cm³/mol. The van der Waals surface area contributed by atoms with Crippen LogP contribution in [-0.2, 0) is 21.7 Å². The first-order chi connectivity index (χ1) is 18.2. The van der Waals surface area contributed by atoms with Gasteiger partial charge in [0.25, 0.3) is 0 Å². The van der Waals surface area contributed by atoms with E-state index >= 15 is 0 Å². The van der Waals surface area contributed by atoms with Crippen LogP contribution in [0.4, 0.5) is 0 Å². The van der Waals surface area contributed by atoms with Crippen molar-refractivity contribution >= 4 is 53.0 Å². The Kier molecular flexibility index (Phi) is 16.3. The van der Waals surface area contributed by atoms with E-state index in [2.05, 4.69) is 129 Å². The molecular formula is C36H56Si4Ti. The SMILES string of the molecule is C[Si](C)(C)c1cc[c-]([Si](C)(C)C)c1.C[Si](C)(C)c1cc[c-]([Si](C)(C)C)c1.[CH2-]c1ccccc1.[CH2-]c1ccccc1.[Ti+4]. The van der Waals surface area contributed by atoms with Crippen molar-refractivity contribution in [3.05, 3.63) is 122 Å². The summed E-state index contributed by atoms with van der Waals surface area (Å²) in [5, 5.41) is 6.46. The fourth-order valence-corrected chi connectivity index (χ4v) is 8.68. The van der Waals surface area contributed by atoms with Crippen molar-refractivity contribution in [3.8, 4) is 0 Å². The normalized spacial score (nSPS) is 11.4. The summed E-state index contributed by atoms with van der Waals surface area (Å²) in [5.41, 5.74) is 2.14. The summed E-state index contributed by atoms with van der Waals surface area (Å²) >= 11 is 0. The molecule has 4 aromatic carbocycles. The fraction of sp³-hybridized carbons (Fsp3) is 0.333. The summed E-state index contributed by atoms with van der Waals surface area (Å²) in [6.45, 7) is 36.4. The van der Waals surface area contributed by atoms with E-state index < -0.39 is 32.3 Å². The maximum Gasteiger partial charge on any atom is 4.00 e.